The molecule has 0 spiro atoms. The second-order valence-corrected chi connectivity index (χ2v) is 5.14. The van der Waals surface area contributed by atoms with E-state index in [0.717, 1.165) is 22.7 Å². The standard InChI is InChI=1S/C14H12BrFN2O2/c1-18(12-4-2-8(15)6-11(12)17)14(20)10-7-9(16)3-5-13(10)19/h2-7,19H,17H2,1H3. The number of carbonyl (C=O) groups excluding carboxylic acids is 1. The lowest BCUT2D eigenvalue weighted by Crippen LogP contribution is -2.27. The predicted octanol–water partition coefficient (Wildman–Crippen LogP) is 3.15. The molecule has 2 rings (SSSR count). The van der Waals surface area contributed by atoms with Crippen LogP contribution >= 0.6 is 15.9 Å². The van der Waals surface area contributed by atoms with Crippen LogP contribution in [0.2, 0.25) is 0 Å². The lowest BCUT2D eigenvalue weighted by Gasteiger charge is -2.20. The number of anilines is 2. The van der Waals surface area contributed by atoms with Crippen LogP contribution in [-0.2, 0) is 0 Å². The Morgan fingerprint density at radius 3 is 2.65 bits per heavy atom. The zero-order chi connectivity index (χ0) is 14.9. The van der Waals surface area contributed by atoms with Crippen molar-refractivity contribution >= 4 is 33.2 Å². The topological polar surface area (TPSA) is 66.6 Å². The Kier molecular flexibility index (Phi) is 3.94. The van der Waals surface area contributed by atoms with Crippen molar-refractivity contribution in [2.45, 2.75) is 0 Å². The lowest BCUT2D eigenvalue weighted by molar-refractivity contribution is 0.0990. The van der Waals surface area contributed by atoms with Gasteiger partial charge in [0, 0.05) is 11.5 Å². The molecule has 104 valence electrons. The molecule has 0 saturated carbocycles. The Morgan fingerprint density at radius 2 is 2.00 bits per heavy atom. The van der Waals surface area contributed by atoms with Gasteiger partial charge in [-0.15, -0.1) is 0 Å². The van der Waals surface area contributed by atoms with Crippen molar-refractivity contribution in [2.24, 2.45) is 0 Å². The molecule has 2 aromatic rings. The van der Waals surface area contributed by atoms with Crippen molar-refractivity contribution in [2.75, 3.05) is 17.7 Å². The number of rotatable bonds is 2. The van der Waals surface area contributed by atoms with Crippen molar-refractivity contribution in [1.82, 2.24) is 0 Å². The van der Waals surface area contributed by atoms with Gasteiger partial charge in [0.1, 0.15) is 11.6 Å². The molecule has 0 unspecified atom stereocenters. The fourth-order valence-electron chi connectivity index (χ4n) is 1.80. The Morgan fingerprint density at radius 1 is 1.30 bits per heavy atom. The maximum absolute atomic E-state index is 13.2. The van der Waals surface area contributed by atoms with E-state index in [4.69, 9.17) is 5.73 Å². The third kappa shape index (κ3) is 2.75. The first-order valence-electron chi connectivity index (χ1n) is 5.71. The van der Waals surface area contributed by atoms with Crippen LogP contribution in [0, 0.1) is 5.82 Å². The monoisotopic (exact) mass is 338 g/mol. The van der Waals surface area contributed by atoms with Crippen molar-refractivity contribution in [3.63, 3.8) is 0 Å². The molecule has 1 amide bonds. The molecule has 0 aromatic heterocycles. The van der Waals surface area contributed by atoms with Crippen LogP contribution in [0.3, 0.4) is 0 Å². The van der Waals surface area contributed by atoms with E-state index in [0.29, 0.717) is 11.4 Å². The number of carbonyl (C=O) groups is 1. The summed E-state index contributed by atoms with van der Waals surface area (Å²) >= 11 is 3.28. The summed E-state index contributed by atoms with van der Waals surface area (Å²) in [4.78, 5) is 13.5. The molecule has 6 heteroatoms. The molecule has 0 fully saturated rings. The summed E-state index contributed by atoms with van der Waals surface area (Å²) in [5.74, 6) is -1.42. The summed E-state index contributed by atoms with van der Waals surface area (Å²) in [6, 6.07) is 8.27. The first kappa shape index (κ1) is 14.3. The predicted molar refractivity (Wildman–Crippen MR) is 79.4 cm³/mol. The molecule has 4 nitrogen and oxygen atoms in total. The maximum Gasteiger partial charge on any atom is 0.261 e. The molecule has 0 radical (unpaired) electrons. The van der Waals surface area contributed by atoms with Gasteiger partial charge in [0.05, 0.1) is 16.9 Å². The average Bonchev–Trinajstić information content (AvgIpc) is 2.40. The zero-order valence-corrected chi connectivity index (χ0v) is 12.2. The summed E-state index contributed by atoms with van der Waals surface area (Å²) in [7, 11) is 1.51. The van der Waals surface area contributed by atoms with Crippen molar-refractivity contribution < 1.29 is 14.3 Å². The van der Waals surface area contributed by atoms with Gasteiger partial charge in [-0.05, 0) is 36.4 Å². The van der Waals surface area contributed by atoms with Crippen LogP contribution in [0.15, 0.2) is 40.9 Å². The normalized spacial score (nSPS) is 10.3. The average molecular weight is 339 g/mol. The molecule has 0 heterocycles. The number of hydrogen-bond donors (Lipinski definition) is 2. The number of amides is 1. The lowest BCUT2D eigenvalue weighted by atomic mass is 10.1. The van der Waals surface area contributed by atoms with Crippen LogP contribution in [0.25, 0.3) is 0 Å². The van der Waals surface area contributed by atoms with E-state index in [-0.39, 0.29) is 11.3 Å². The van der Waals surface area contributed by atoms with Crippen LogP contribution in [0.1, 0.15) is 10.4 Å². The molecule has 0 aliphatic carbocycles. The summed E-state index contributed by atoms with van der Waals surface area (Å²) in [5, 5.41) is 9.66. The second-order valence-electron chi connectivity index (χ2n) is 4.23. The van der Waals surface area contributed by atoms with E-state index in [9.17, 15) is 14.3 Å². The van der Waals surface area contributed by atoms with Gasteiger partial charge in [-0.2, -0.15) is 0 Å². The van der Waals surface area contributed by atoms with Gasteiger partial charge in [0.25, 0.3) is 5.91 Å². The number of nitrogens with two attached hydrogens (primary N) is 1. The number of benzene rings is 2. The Hall–Kier alpha value is -2.08. The quantitative estimate of drug-likeness (QED) is 0.826. The van der Waals surface area contributed by atoms with Gasteiger partial charge in [-0.3, -0.25) is 4.79 Å². The van der Waals surface area contributed by atoms with Gasteiger partial charge in [-0.25, -0.2) is 4.39 Å². The molecular weight excluding hydrogens is 327 g/mol. The van der Waals surface area contributed by atoms with Crippen molar-refractivity contribution in [3.8, 4) is 5.75 Å². The zero-order valence-electron chi connectivity index (χ0n) is 10.6. The van der Waals surface area contributed by atoms with E-state index in [2.05, 4.69) is 15.9 Å². The molecule has 0 saturated heterocycles. The van der Waals surface area contributed by atoms with E-state index in [1.807, 2.05) is 0 Å². The number of phenolic OH excluding ortho intramolecular Hbond substituents is 1. The molecule has 0 atom stereocenters. The van der Waals surface area contributed by atoms with E-state index in [1.165, 1.54) is 11.9 Å². The fraction of sp³-hybridized carbons (Fsp3) is 0.0714. The maximum atomic E-state index is 13.2. The number of nitrogen functional groups attached to an aromatic ring is 1. The number of phenols is 1. The van der Waals surface area contributed by atoms with Gasteiger partial charge in [-0.1, -0.05) is 15.9 Å². The molecule has 3 N–H and O–H groups in total. The number of nitrogens with zero attached hydrogens (tertiary/aromatic N) is 1. The molecule has 20 heavy (non-hydrogen) atoms. The van der Waals surface area contributed by atoms with E-state index in [1.54, 1.807) is 18.2 Å². The highest BCUT2D eigenvalue weighted by Crippen LogP contribution is 2.28. The molecule has 2 aromatic carbocycles. The third-order valence-electron chi connectivity index (χ3n) is 2.84. The van der Waals surface area contributed by atoms with Crippen molar-refractivity contribution in [3.05, 3.63) is 52.3 Å². The van der Waals surface area contributed by atoms with Crippen molar-refractivity contribution in [1.29, 1.82) is 0 Å². The highest BCUT2D eigenvalue weighted by atomic mass is 79.9. The van der Waals surface area contributed by atoms with E-state index >= 15 is 0 Å². The molecule has 0 aliphatic rings. The summed E-state index contributed by atoms with van der Waals surface area (Å²) in [6.45, 7) is 0. The van der Waals surface area contributed by atoms with Gasteiger partial charge in [0.2, 0.25) is 0 Å². The molecule has 0 aliphatic heterocycles. The number of aromatic hydroxyl groups is 1. The summed E-state index contributed by atoms with van der Waals surface area (Å²) in [5.41, 5.74) is 6.60. The second kappa shape index (κ2) is 5.50. The SMILES string of the molecule is CN(C(=O)c1cc(F)ccc1O)c1ccc(Br)cc1N. The number of halogens is 2. The van der Waals surface area contributed by atoms with Crippen LogP contribution in [0.4, 0.5) is 15.8 Å². The molecular formula is C14H12BrFN2O2. The largest absolute Gasteiger partial charge is 0.507 e. The summed E-state index contributed by atoms with van der Waals surface area (Å²) < 4.78 is 14.0. The van der Waals surface area contributed by atoms with Crippen LogP contribution < -0.4 is 10.6 Å². The molecule has 0 bridgehead atoms. The minimum absolute atomic E-state index is 0.116. The Bertz CT molecular complexity index is 676. The van der Waals surface area contributed by atoms with Gasteiger partial charge in [0.15, 0.2) is 0 Å². The first-order valence-corrected chi connectivity index (χ1v) is 6.51. The van der Waals surface area contributed by atoms with Crippen LogP contribution in [0.5, 0.6) is 5.75 Å². The third-order valence-corrected chi connectivity index (χ3v) is 3.34. The van der Waals surface area contributed by atoms with Gasteiger partial charge < -0.3 is 15.7 Å². The minimum Gasteiger partial charge on any atom is -0.507 e. The smallest absolute Gasteiger partial charge is 0.261 e. The fourth-order valence-corrected chi connectivity index (χ4v) is 2.18. The van der Waals surface area contributed by atoms with E-state index < -0.39 is 11.7 Å². The first-order chi connectivity index (χ1) is 9.40. The summed E-state index contributed by atoms with van der Waals surface area (Å²) in [6.07, 6.45) is 0. The minimum atomic E-state index is -0.594. The highest BCUT2D eigenvalue weighted by molar-refractivity contribution is 9.10. The van der Waals surface area contributed by atoms with Crippen LogP contribution in [-0.4, -0.2) is 18.1 Å². The Labute approximate surface area is 123 Å². The highest BCUT2D eigenvalue weighted by Gasteiger charge is 2.19. The number of hydrogen-bond acceptors (Lipinski definition) is 3. The Balaban J connectivity index is 2.40. The van der Waals surface area contributed by atoms with Gasteiger partial charge >= 0.3 is 0 Å².